The van der Waals surface area contributed by atoms with Crippen molar-refractivity contribution < 1.29 is 13.2 Å². The Balaban J connectivity index is 1.65. The number of carbonyl (C=O) groups is 1. The number of hydrogen-bond acceptors (Lipinski definition) is 3. The molecule has 5 nitrogen and oxygen atoms in total. The van der Waals surface area contributed by atoms with Crippen molar-refractivity contribution in [3.63, 3.8) is 0 Å². The van der Waals surface area contributed by atoms with Gasteiger partial charge in [0.25, 0.3) is 15.9 Å². The zero-order chi connectivity index (χ0) is 21.5. The summed E-state index contributed by atoms with van der Waals surface area (Å²) in [5, 5.41) is 0.494. The highest BCUT2D eigenvalue weighted by molar-refractivity contribution is 7.92. The highest BCUT2D eigenvalue weighted by Gasteiger charge is 2.32. The summed E-state index contributed by atoms with van der Waals surface area (Å²) >= 11 is 6.11. The molecular weight excluding hydrogens is 420 g/mol. The van der Waals surface area contributed by atoms with Crippen LogP contribution in [0.15, 0.2) is 71.6 Å². The number of hydrogen-bond donors (Lipinski definition) is 1. The molecule has 1 amide bonds. The monoisotopic (exact) mass is 440 g/mol. The maximum atomic E-state index is 13.0. The summed E-state index contributed by atoms with van der Waals surface area (Å²) in [6, 6.07) is 19.0. The molecule has 0 radical (unpaired) electrons. The molecule has 0 fully saturated rings. The smallest absolute Gasteiger partial charge is 0.261 e. The van der Waals surface area contributed by atoms with Gasteiger partial charge in [-0.05, 0) is 73.9 Å². The predicted molar refractivity (Wildman–Crippen MR) is 120 cm³/mol. The quantitative estimate of drug-likeness (QED) is 0.618. The first-order chi connectivity index (χ1) is 14.3. The van der Waals surface area contributed by atoms with Gasteiger partial charge in [-0.3, -0.25) is 9.52 Å². The molecule has 0 saturated carbocycles. The number of halogens is 1. The third kappa shape index (κ3) is 3.68. The fourth-order valence-corrected chi connectivity index (χ4v) is 5.07. The molecule has 3 aromatic carbocycles. The van der Waals surface area contributed by atoms with E-state index in [9.17, 15) is 13.2 Å². The molecular formula is C23H21ClN2O3S. The molecule has 0 saturated heterocycles. The molecule has 1 aliphatic heterocycles. The summed E-state index contributed by atoms with van der Waals surface area (Å²) in [6.45, 7) is 3.72. The SMILES string of the molecule is Cc1c(Cl)cccc1NS(=O)(=O)c1ccc2c(c1)C[C@H](C)N2C(=O)c1ccccc1. The summed E-state index contributed by atoms with van der Waals surface area (Å²) in [7, 11) is -3.79. The van der Waals surface area contributed by atoms with E-state index in [4.69, 9.17) is 11.6 Å². The fourth-order valence-electron chi connectivity index (χ4n) is 3.73. The lowest BCUT2D eigenvalue weighted by atomic mass is 10.1. The maximum absolute atomic E-state index is 13.0. The molecule has 7 heteroatoms. The highest BCUT2D eigenvalue weighted by atomic mass is 35.5. The number of nitrogens with zero attached hydrogens (tertiary/aromatic N) is 1. The van der Waals surface area contributed by atoms with E-state index < -0.39 is 10.0 Å². The van der Waals surface area contributed by atoms with Crippen LogP contribution in [0.5, 0.6) is 0 Å². The van der Waals surface area contributed by atoms with Crippen molar-refractivity contribution in [1.29, 1.82) is 0 Å². The summed E-state index contributed by atoms with van der Waals surface area (Å²) in [5.41, 5.74) is 3.29. The Morgan fingerprint density at radius 3 is 2.53 bits per heavy atom. The van der Waals surface area contributed by atoms with Gasteiger partial charge in [0, 0.05) is 22.3 Å². The van der Waals surface area contributed by atoms with Crippen molar-refractivity contribution >= 4 is 38.9 Å². The summed E-state index contributed by atoms with van der Waals surface area (Å²) in [4.78, 5) is 14.9. The zero-order valence-corrected chi connectivity index (χ0v) is 18.2. The molecule has 1 heterocycles. The van der Waals surface area contributed by atoms with Gasteiger partial charge in [-0.15, -0.1) is 0 Å². The van der Waals surface area contributed by atoms with Crippen LogP contribution in [0.3, 0.4) is 0 Å². The van der Waals surface area contributed by atoms with E-state index in [1.807, 2.05) is 25.1 Å². The molecule has 154 valence electrons. The van der Waals surface area contributed by atoms with Gasteiger partial charge < -0.3 is 4.90 Å². The maximum Gasteiger partial charge on any atom is 0.261 e. The van der Waals surface area contributed by atoms with Crippen LogP contribution in [0, 0.1) is 6.92 Å². The van der Waals surface area contributed by atoms with Crippen LogP contribution in [-0.2, 0) is 16.4 Å². The minimum Gasteiger partial charge on any atom is -0.305 e. The van der Waals surface area contributed by atoms with Gasteiger partial charge in [-0.2, -0.15) is 0 Å². The second-order valence-corrected chi connectivity index (χ2v) is 9.49. The first kappa shape index (κ1) is 20.4. The minimum atomic E-state index is -3.79. The highest BCUT2D eigenvalue weighted by Crippen LogP contribution is 2.35. The second kappa shape index (κ2) is 7.78. The number of carbonyl (C=O) groups excluding carboxylic acids is 1. The van der Waals surface area contributed by atoms with Crippen LogP contribution < -0.4 is 9.62 Å². The second-order valence-electron chi connectivity index (χ2n) is 7.40. The van der Waals surface area contributed by atoms with Crippen LogP contribution in [0.25, 0.3) is 0 Å². The van der Waals surface area contributed by atoms with Crippen molar-refractivity contribution in [3.8, 4) is 0 Å². The average molecular weight is 441 g/mol. The number of nitrogens with one attached hydrogen (secondary N) is 1. The van der Waals surface area contributed by atoms with Gasteiger partial charge in [0.1, 0.15) is 0 Å². The van der Waals surface area contributed by atoms with Crippen LogP contribution in [0.4, 0.5) is 11.4 Å². The van der Waals surface area contributed by atoms with Gasteiger partial charge in [-0.25, -0.2) is 8.42 Å². The Hall–Kier alpha value is -2.83. The molecule has 3 aromatic rings. The molecule has 0 aromatic heterocycles. The predicted octanol–water partition coefficient (Wildman–Crippen LogP) is 5.04. The van der Waals surface area contributed by atoms with E-state index in [0.717, 1.165) is 11.3 Å². The van der Waals surface area contributed by atoms with Crippen molar-refractivity contribution in [2.45, 2.75) is 31.2 Å². The molecule has 0 spiro atoms. The standard InChI is InChI=1S/C23H21ClN2O3S/c1-15-13-18-14-19(30(28,29)25-21-10-6-9-20(24)16(21)2)11-12-22(18)26(15)23(27)17-7-4-3-5-8-17/h3-12,14-15,25H,13H2,1-2H3/t15-/m0/s1. The third-order valence-electron chi connectivity index (χ3n) is 5.33. The Morgan fingerprint density at radius 1 is 1.07 bits per heavy atom. The molecule has 4 rings (SSSR count). The zero-order valence-electron chi connectivity index (χ0n) is 16.6. The fraction of sp³-hybridized carbons (Fsp3) is 0.174. The minimum absolute atomic E-state index is 0.0613. The lowest BCUT2D eigenvalue weighted by Gasteiger charge is -2.23. The van der Waals surface area contributed by atoms with E-state index in [1.165, 1.54) is 6.07 Å². The van der Waals surface area contributed by atoms with Gasteiger partial charge in [0.15, 0.2) is 0 Å². The van der Waals surface area contributed by atoms with Crippen LogP contribution >= 0.6 is 11.6 Å². The van der Waals surface area contributed by atoms with Crippen molar-refractivity contribution in [3.05, 3.63) is 88.4 Å². The van der Waals surface area contributed by atoms with Crippen molar-refractivity contribution in [2.75, 3.05) is 9.62 Å². The van der Waals surface area contributed by atoms with Crippen LogP contribution in [0.1, 0.15) is 28.4 Å². The molecule has 0 aliphatic carbocycles. The van der Waals surface area contributed by atoms with E-state index >= 15 is 0 Å². The molecule has 0 bridgehead atoms. The van der Waals surface area contributed by atoms with E-state index in [2.05, 4.69) is 4.72 Å². The Kier molecular flexibility index (Phi) is 5.30. The molecule has 1 atom stereocenters. The number of anilines is 2. The number of fused-ring (bicyclic) bond motifs is 1. The first-order valence-electron chi connectivity index (χ1n) is 9.57. The number of rotatable bonds is 4. The Morgan fingerprint density at radius 2 is 1.80 bits per heavy atom. The Labute approximate surface area is 181 Å². The largest absolute Gasteiger partial charge is 0.305 e. The van der Waals surface area contributed by atoms with Crippen molar-refractivity contribution in [2.24, 2.45) is 0 Å². The van der Waals surface area contributed by atoms with Gasteiger partial charge >= 0.3 is 0 Å². The van der Waals surface area contributed by atoms with Crippen molar-refractivity contribution in [1.82, 2.24) is 0 Å². The Bertz CT molecular complexity index is 1230. The van der Waals surface area contributed by atoms with Gasteiger partial charge in [-0.1, -0.05) is 35.9 Å². The normalized spacial score (nSPS) is 15.7. The topological polar surface area (TPSA) is 66.5 Å². The lowest BCUT2D eigenvalue weighted by molar-refractivity contribution is 0.0981. The van der Waals surface area contributed by atoms with E-state index in [-0.39, 0.29) is 16.8 Å². The molecule has 0 unspecified atom stereocenters. The molecule has 1 N–H and O–H groups in total. The molecule has 30 heavy (non-hydrogen) atoms. The summed E-state index contributed by atoms with van der Waals surface area (Å²) in [6.07, 6.45) is 0.591. The van der Waals surface area contributed by atoms with Gasteiger partial charge in [0.2, 0.25) is 0 Å². The van der Waals surface area contributed by atoms with E-state index in [0.29, 0.717) is 28.3 Å². The molecule has 1 aliphatic rings. The summed E-state index contributed by atoms with van der Waals surface area (Å²) in [5.74, 6) is -0.0925. The van der Waals surface area contributed by atoms with Crippen LogP contribution in [0.2, 0.25) is 5.02 Å². The third-order valence-corrected chi connectivity index (χ3v) is 7.10. The summed E-state index contributed by atoms with van der Waals surface area (Å²) < 4.78 is 28.5. The van der Waals surface area contributed by atoms with Gasteiger partial charge in [0.05, 0.1) is 10.6 Å². The van der Waals surface area contributed by atoms with Crippen LogP contribution in [-0.4, -0.2) is 20.4 Å². The number of benzene rings is 3. The number of amides is 1. The number of sulfonamides is 1. The lowest BCUT2D eigenvalue weighted by Crippen LogP contribution is -2.35. The first-order valence-corrected chi connectivity index (χ1v) is 11.4. The van der Waals surface area contributed by atoms with E-state index in [1.54, 1.807) is 54.3 Å². The average Bonchev–Trinajstić information content (AvgIpc) is 3.06.